The van der Waals surface area contributed by atoms with Crippen LogP contribution in [0, 0.1) is 0 Å². The molecule has 0 spiro atoms. The molecule has 4 nitrogen and oxygen atoms in total. The normalized spacial score (nSPS) is 10.3. The number of rotatable bonds is 4. The molecule has 0 aliphatic heterocycles. The number of aromatic amines is 1. The highest BCUT2D eigenvalue weighted by Crippen LogP contribution is 2.10. The second kappa shape index (κ2) is 5.49. The maximum Gasteiger partial charge on any atom is 0.243 e. The number of hydrogen-bond donors (Lipinski definition) is 2. The molecule has 0 aliphatic carbocycles. The van der Waals surface area contributed by atoms with Gasteiger partial charge in [0.25, 0.3) is 0 Å². The van der Waals surface area contributed by atoms with Gasteiger partial charge in [-0.3, -0.25) is 4.79 Å². The van der Waals surface area contributed by atoms with Gasteiger partial charge in [0.05, 0.1) is 11.0 Å². The van der Waals surface area contributed by atoms with E-state index in [0.717, 1.165) is 22.4 Å². The van der Waals surface area contributed by atoms with Gasteiger partial charge in [-0.15, -0.1) is 0 Å². The van der Waals surface area contributed by atoms with Crippen LogP contribution in [0.2, 0.25) is 0 Å². The molecule has 1 heterocycles. The molecule has 1 aromatic heterocycles. The molecule has 1 aromatic carbocycles. The smallest absolute Gasteiger partial charge is 0.243 e. The van der Waals surface area contributed by atoms with E-state index in [1.54, 1.807) is 6.08 Å². The fourth-order valence-electron chi connectivity index (χ4n) is 1.74. The predicted molar refractivity (Wildman–Crippen MR) is 72.2 cm³/mol. The summed E-state index contributed by atoms with van der Waals surface area (Å²) >= 11 is 0. The third kappa shape index (κ3) is 3.20. The van der Waals surface area contributed by atoms with Crippen LogP contribution in [-0.2, 0) is 11.2 Å². The Morgan fingerprint density at radius 2 is 2.17 bits per heavy atom. The molecule has 0 unspecified atom stereocenters. The van der Waals surface area contributed by atoms with E-state index in [1.165, 1.54) is 0 Å². The van der Waals surface area contributed by atoms with Gasteiger partial charge in [-0.05, 0) is 26.0 Å². The first-order valence-corrected chi connectivity index (χ1v) is 6.01. The quantitative estimate of drug-likeness (QED) is 0.809. The fourth-order valence-corrected chi connectivity index (χ4v) is 1.74. The molecule has 0 radical (unpaired) electrons. The van der Waals surface area contributed by atoms with Crippen molar-refractivity contribution in [3.63, 3.8) is 0 Å². The van der Waals surface area contributed by atoms with Gasteiger partial charge >= 0.3 is 0 Å². The molecule has 2 N–H and O–H groups in total. The molecule has 18 heavy (non-hydrogen) atoms. The maximum atomic E-state index is 11.4. The van der Waals surface area contributed by atoms with Crippen LogP contribution in [0.1, 0.15) is 19.7 Å². The number of carbonyl (C=O) groups is 1. The fraction of sp³-hybridized carbons (Fsp3) is 0.286. The summed E-state index contributed by atoms with van der Waals surface area (Å²) in [5.74, 6) is 0.847. The minimum Gasteiger partial charge on any atom is -0.352 e. The molecule has 0 saturated heterocycles. The minimum atomic E-state index is -0.0499. The number of benzene rings is 1. The zero-order valence-electron chi connectivity index (χ0n) is 10.7. The van der Waals surface area contributed by atoms with E-state index in [4.69, 9.17) is 0 Å². The first kappa shape index (κ1) is 12.4. The van der Waals surface area contributed by atoms with Crippen molar-refractivity contribution >= 4 is 16.9 Å². The Morgan fingerprint density at radius 1 is 1.39 bits per heavy atom. The number of amides is 1. The Labute approximate surface area is 106 Å². The van der Waals surface area contributed by atoms with Crippen molar-refractivity contribution in [1.82, 2.24) is 15.3 Å². The third-order valence-electron chi connectivity index (χ3n) is 2.52. The summed E-state index contributed by atoms with van der Waals surface area (Å²) in [6.07, 6.45) is 2.30. The highest BCUT2D eigenvalue weighted by atomic mass is 16.1. The van der Waals surface area contributed by atoms with E-state index in [9.17, 15) is 4.79 Å². The second-order valence-electron chi connectivity index (χ2n) is 4.46. The van der Waals surface area contributed by atoms with E-state index < -0.39 is 0 Å². The summed E-state index contributed by atoms with van der Waals surface area (Å²) in [6.45, 7) is 4.39. The zero-order valence-corrected chi connectivity index (χ0v) is 10.7. The number of hydrogen-bond acceptors (Lipinski definition) is 2. The Morgan fingerprint density at radius 3 is 2.89 bits per heavy atom. The number of imidazole rings is 1. The van der Waals surface area contributed by atoms with Crippen LogP contribution in [0.5, 0.6) is 0 Å². The zero-order chi connectivity index (χ0) is 13.0. The number of nitrogens with one attached hydrogen (secondary N) is 2. The third-order valence-corrected chi connectivity index (χ3v) is 2.52. The van der Waals surface area contributed by atoms with Crippen molar-refractivity contribution in [2.75, 3.05) is 6.54 Å². The first-order valence-electron chi connectivity index (χ1n) is 6.01. The standard InChI is InChI=1S/C14H17N3O/c1-10(2)9-14(18)15-8-7-13-16-11-5-3-4-6-12(11)17-13/h3-6,9H,7-8H2,1-2H3,(H,15,18)(H,16,17). The van der Waals surface area contributed by atoms with Gasteiger partial charge in [-0.2, -0.15) is 0 Å². The molecule has 2 rings (SSSR count). The molecule has 0 saturated carbocycles. The SMILES string of the molecule is CC(C)=CC(=O)NCCc1nc2ccccc2[nH]1. The molecule has 0 bridgehead atoms. The van der Waals surface area contributed by atoms with Gasteiger partial charge in [0.15, 0.2) is 0 Å². The summed E-state index contributed by atoms with van der Waals surface area (Å²) in [7, 11) is 0. The summed E-state index contributed by atoms with van der Waals surface area (Å²) in [4.78, 5) is 19.1. The van der Waals surface area contributed by atoms with Crippen molar-refractivity contribution in [3.05, 3.63) is 41.7 Å². The van der Waals surface area contributed by atoms with Gasteiger partial charge < -0.3 is 10.3 Å². The number of aromatic nitrogens is 2. The van der Waals surface area contributed by atoms with Crippen molar-refractivity contribution in [2.24, 2.45) is 0 Å². The van der Waals surface area contributed by atoms with E-state index in [2.05, 4.69) is 15.3 Å². The molecule has 2 aromatic rings. The number of fused-ring (bicyclic) bond motifs is 1. The van der Waals surface area contributed by atoms with Gasteiger partial charge in [0.2, 0.25) is 5.91 Å². The van der Waals surface area contributed by atoms with Crippen molar-refractivity contribution < 1.29 is 4.79 Å². The Kier molecular flexibility index (Phi) is 3.77. The van der Waals surface area contributed by atoms with Crippen molar-refractivity contribution in [3.8, 4) is 0 Å². The van der Waals surface area contributed by atoms with Crippen LogP contribution < -0.4 is 5.32 Å². The number of para-hydroxylation sites is 2. The Bertz CT molecular complexity index is 546. The van der Waals surface area contributed by atoms with E-state index in [1.807, 2.05) is 38.1 Å². The molecule has 0 aliphatic rings. The van der Waals surface area contributed by atoms with Crippen LogP contribution in [0.15, 0.2) is 35.9 Å². The highest BCUT2D eigenvalue weighted by molar-refractivity contribution is 5.88. The lowest BCUT2D eigenvalue weighted by molar-refractivity contribution is -0.116. The molecule has 1 amide bonds. The van der Waals surface area contributed by atoms with Crippen molar-refractivity contribution in [2.45, 2.75) is 20.3 Å². The lowest BCUT2D eigenvalue weighted by Crippen LogP contribution is -2.24. The summed E-state index contributed by atoms with van der Waals surface area (Å²) in [6, 6.07) is 7.90. The van der Waals surface area contributed by atoms with Crippen LogP contribution in [0.25, 0.3) is 11.0 Å². The molecular weight excluding hydrogens is 226 g/mol. The number of nitrogens with zero attached hydrogens (tertiary/aromatic N) is 1. The van der Waals surface area contributed by atoms with Crippen LogP contribution in [-0.4, -0.2) is 22.4 Å². The monoisotopic (exact) mass is 243 g/mol. The number of allylic oxidation sites excluding steroid dienone is 1. The first-order chi connectivity index (χ1) is 8.65. The highest BCUT2D eigenvalue weighted by Gasteiger charge is 2.02. The maximum absolute atomic E-state index is 11.4. The molecular formula is C14H17N3O. The topological polar surface area (TPSA) is 57.8 Å². The second-order valence-corrected chi connectivity index (χ2v) is 4.46. The van der Waals surface area contributed by atoms with Gasteiger partial charge in [0.1, 0.15) is 5.82 Å². The average Bonchev–Trinajstić information content (AvgIpc) is 2.70. The molecule has 94 valence electrons. The summed E-state index contributed by atoms with van der Waals surface area (Å²) < 4.78 is 0. The lowest BCUT2D eigenvalue weighted by atomic mass is 10.3. The molecule has 0 atom stereocenters. The summed E-state index contributed by atoms with van der Waals surface area (Å²) in [5.41, 5.74) is 2.99. The number of carbonyl (C=O) groups excluding carboxylic acids is 1. The number of H-pyrrole nitrogens is 1. The van der Waals surface area contributed by atoms with Crippen molar-refractivity contribution in [1.29, 1.82) is 0 Å². The predicted octanol–water partition coefficient (Wildman–Crippen LogP) is 2.19. The summed E-state index contributed by atoms with van der Waals surface area (Å²) in [5, 5.41) is 2.83. The Hall–Kier alpha value is -2.10. The van der Waals surface area contributed by atoms with E-state index >= 15 is 0 Å². The minimum absolute atomic E-state index is 0.0499. The Balaban J connectivity index is 1.90. The van der Waals surface area contributed by atoms with E-state index in [0.29, 0.717) is 13.0 Å². The average molecular weight is 243 g/mol. The van der Waals surface area contributed by atoms with Crippen LogP contribution in [0.4, 0.5) is 0 Å². The van der Waals surface area contributed by atoms with Gasteiger partial charge in [-0.1, -0.05) is 17.7 Å². The van der Waals surface area contributed by atoms with Gasteiger partial charge in [0, 0.05) is 19.0 Å². The van der Waals surface area contributed by atoms with Gasteiger partial charge in [-0.25, -0.2) is 4.98 Å². The van der Waals surface area contributed by atoms with E-state index in [-0.39, 0.29) is 5.91 Å². The largest absolute Gasteiger partial charge is 0.352 e. The molecule has 4 heteroatoms. The lowest BCUT2D eigenvalue weighted by Gasteiger charge is -2.00. The van der Waals surface area contributed by atoms with Crippen LogP contribution >= 0.6 is 0 Å². The molecule has 0 fully saturated rings. The van der Waals surface area contributed by atoms with Crippen LogP contribution in [0.3, 0.4) is 0 Å².